The van der Waals surface area contributed by atoms with E-state index >= 15 is 0 Å². The van der Waals surface area contributed by atoms with Crippen LogP contribution in [0, 0.1) is 5.82 Å². The molecular formula is C14H16FN3O3. The van der Waals surface area contributed by atoms with Gasteiger partial charge in [0.25, 0.3) is 0 Å². The van der Waals surface area contributed by atoms with Crippen LogP contribution in [0.1, 0.15) is 20.8 Å². The van der Waals surface area contributed by atoms with Crippen molar-refractivity contribution < 1.29 is 18.7 Å². The minimum atomic E-state index is -0.905. The van der Waals surface area contributed by atoms with Gasteiger partial charge in [-0.15, -0.1) is 0 Å². The molecule has 0 bridgehead atoms. The standard InChI is InChI=1S/C14H16FN3O3/c1-14(2,3)21-13(19)20-10-5-11(15)12(16-7-10)9-6-17-18(4)8-9/h5-8H,1-4H3. The zero-order chi connectivity index (χ0) is 15.6. The van der Waals surface area contributed by atoms with Crippen LogP contribution < -0.4 is 4.74 Å². The molecule has 6 nitrogen and oxygen atoms in total. The van der Waals surface area contributed by atoms with E-state index in [9.17, 15) is 9.18 Å². The average Bonchev–Trinajstić information content (AvgIpc) is 2.73. The molecule has 112 valence electrons. The van der Waals surface area contributed by atoms with Crippen LogP contribution in [0.2, 0.25) is 0 Å². The molecule has 0 unspecified atom stereocenters. The van der Waals surface area contributed by atoms with Gasteiger partial charge in [-0.3, -0.25) is 4.68 Å². The van der Waals surface area contributed by atoms with Gasteiger partial charge >= 0.3 is 6.16 Å². The van der Waals surface area contributed by atoms with E-state index < -0.39 is 17.6 Å². The Hall–Kier alpha value is -2.44. The van der Waals surface area contributed by atoms with Crippen LogP contribution in [-0.2, 0) is 11.8 Å². The molecule has 0 aliphatic rings. The molecule has 0 saturated carbocycles. The molecule has 0 radical (unpaired) electrons. The lowest BCUT2D eigenvalue weighted by molar-refractivity contribution is 0.0205. The molecule has 0 saturated heterocycles. The molecule has 21 heavy (non-hydrogen) atoms. The molecule has 7 heteroatoms. The van der Waals surface area contributed by atoms with Crippen molar-refractivity contribution in [1.29, 1.82) is 0 Å². The highest BCUT2D eigenvalue weighted by Crippen LogP contribution is 2.23. The Kier molecular flexibility index (Phi) is 3.93. The van der Waals surface area contributed by atoms with Gasteiger partial charge in [-0.25, -0.2) is 14.2 Å². The second-order valence-electron chi connectivity index (χ2n) is 5.47. The largest absolute Gasteiger partial charge is 0.514 e. The molecule has 2 heterocycles. The highest BCUT2D eigenvalue weighted by Gasteiger charge is 2.19. The number of halogens is 1. The SMILES string of the molecule is Cn1cc(-c2ncc(OC(=O)OC(C)(C)C)cc2F)cn1. The van der Waals surface area contributed by atoms with Crippen molar-refractivity contribution in [3.8, 4) is 17.0 Å². The van der Waals surface area contributed by atoms with Gasteiger partial charge < -0.3 is 9.47 Å². The van der Waals surface area contributed by atoms with E-state index in [0.717, 1.165) is 6.07 Å². The van der Waals surface area contributed by atoms with E-state index in [4.69, 9.17) is 9.47 Å². The molecular weight excluding hydrogens is 277 g/mol. The molecule has 0 fully saturated rings. The number of aromatic nitrogens is 3. The van der Waals surface area contributed by atoms with Crippen molar-refractivity contribution in [2.24, 2.45) is 7.05 Å². The molecule has 0 aliphatic carbocycles. The topological polar surface area (TPSA) is 66.2 Å². The highest BCUT2D eigenvalue weighted by atomic mass is 19.1. The van der Waals surface area contributed by atoms with Crippen LogP contribution in [0.3, 0.4) is 0 Å². The second-order valence-corrected chi connectivity index (χ2v) is 5.47. The maximum Gasteiger partial charge on any atom is 0.514 e. The summed E-state index contributed by atoms with van der Waals surface area (Å²) in [7, 11) is 1.72. The summed E-state index contributed by atoms with van der Waals surface area (Å²) >= 11 is 0. The number of rotatable bonds is 2. The zero-order valence-electron chi connectivity index (χ0n) is 12.3. The highest BCUT2D eigenvalue weighted by molar-refractivity contribution is 5.65. The normalized spacial score (nSPS) is 11.3. The maximum absolute atomic E-state index is 14.0. The summed E-state index contributed by atoms with van der Waals surface area (Å²) in [6, 6.07) is 1.08. The van der Waals surface area contributed by atoms with Gasteiger partial charge in [0.2, 0.25) is 0 Å². The lowest BCUT2D eigenvalue weighted by atomic mass is 10.2. The van der Waals surface area contributed by atoms with Gasteiger partial charge in [0.15, 0.2) is 11.6 Å². The number of aryl methyl sites for hydroxylation is 1. The Balaban J connectivity index is 2.14. The predicted molar refractivity (Wildman–Crippen MR) is 73.3 cm³/mol. The number of hydrogen-bond donors (Lipinski definition) is 0. The average molecular weight is 293 g/mol. The first kappa shape index (κ1) is 15.0. The third-order valence-corrected chi connectivity index (χ3v) is 2.39. The molecule has 2 aromatic heterocycles. The molecule has 2 rings (SSSR count). The summed E-state index contributed by atoms with van der Waals surface area (Å²) in [5, 5.41) is 3.95. The van der Waals surface area contributed by atoms with Gasteiger partial charge in [-0.05, 0) is 20.8 Å². The molecule has 0 atom stereocenters. The Morgan fingerprint density at radius 1 is 1.33 bits per heavy atom. The minimum Gasteiger partial charge on any atom is -0.428 e. The Labute approximate surface area is 121 Å². The van der Waals surface area contributed by atoms with Crippen LogP contribution in [-0.4, -0.2) is 26.5 Å². The number of carbonyl (C=O) groups is 1. The third kappa shape index (κ3) is 4.01. The number of ether oxygens (including phenoxy) is 2. The van der Waals surface area contributed by atoms with Crippen molar-refractivity contribution in [1.82, 2.24) is 14.8 Å². The molecule has 0 amide bonds. The van der Waals surface area contributed by atoms with Crippen LogP contribution in [0.25, 0.3) is 11.3 Å². The Bertz CT molecular complexity index is 662. The van der Waals surface area contributed by atoms with Gasteiger partial charge in [-0.2, -0.15) is 5.10 Å². The van der Waals surface area contributed by atoms with Gasteiger partial charge in [-0.1, -0.05) is 0 Å². The van der Waals surface area contributed by atoms with Crippen molar-refractivity contribution in [3.05, 3.63) is 30.5 Å². The monoisotopic (exact) mass is 293 g/mol. The van der Waals surface area contributed by atoms with Gasteiger partial charge in [0.05, 0.1) is 12.4 Å². The number of nitrogens with zero attached hydrogens (tertiary/aromatic N) is 3. The fourth-order valence-corrected chi connectivity index (χ4v) is 1.60. The third-order valence-electron chi connectivity index (χ3n) is 2.39. The number of carbonyl (C=O) groups excluding carboxylic acids is 1. The second kappa shape index (κ2) is 5.51. The van der Waals surface area contributed by atoms with Crippen LogP contribution in [0.4, 0.5) is 9.18 Å². The predicted octanol–water partition coefficient (Wildman–Crippen LogP) is 2.94. The summed E-state index contributed by atoms with van der Waals surface area (Å²) in [6.45, 7) is 5.12. The molecule has 0 aromatic carbocycles. The lowest BCUT2D eigenvalue weighted by Gasteiger charge is -2.18. The van der Waals surface area contributed by atoms with Crippen molar-refractivity contribution in [3.63, 3.8) is 0 Å². The summed E-state index contributed by atoms with van der Waals surface area (Å²) in [4.78, 5) is 15.4. The van der Waals surface area contributed by atoms with E-state index in [2.05, 4.69) is 10.1 Å². The van der Waals surface area contributed by atoms with Crippen molar-refractivity contribution >= 4 is 6.16 Å². The van der Waals surface area contributed by atoms with Crippen LogP contribution >= 0.6 is 0 Å². The fraction of sp³-hybridized carbons (Fsp3) is 0.357. The van der Waals surface area contributed by atoms with Crippen molar-refractivity contribution in [2.45, 2.75) is 26.4 Å². The molecule has 2 aromatic rings. The first-order chi connectivity index (χ1) is 9.74. The van der Waals surface area contributed by atoms with Crippen LogP contribution in [0.5, 0.6) is 5.75 Å². The number of pyridine rings is 1. The molecule has 0 spiro atoms. The van der Waals surface area contributed by atoms with E-state index in [1.165, 1.54) is 12.4 Å². The van der Waals surface area contributed by atoms with E-state index in [0.29, 0.717) is 5.56 Å². The summed E-state index contributed by atoms with van der Waals surface area (Å²) < 4.78 is 25.4. The summed E-state index contributed by atoms with van der Waals surface area (Å²) in [6.07, 6.45) is 3.49. The van der Waals surface area contributed by atoms with Gasteiger partial charge in [0.1, 0.15) is 11.3 Å². The zero-order valence-corrected chi connectivity index (χ0v) is 12.3. The van der Waals surface area contributed by atoms with E-state index in [-0.39, 0.29) is 11.4 Å². The van der Waals surface area contributed by atoms with E-state index in [1.54, 1.807) is 38.7 Å². The first-order valence-electron chi connectivity index (χ1n) is 6.30. The summed E-state index contributed by atoms with van der Waals surface area (Å²) in [5.74, 6) is -0.626. The lowest BCUT2D eigenvalue weighted by Crippen LogP contribution is -2.26. The molecule has 0 aliphatic heterocycles. The van der Waals surface area contributed by atoms with Gasteiger partial charge in [0, 0.05) is 24.9 Å². The fourth-order valence-electron chi connectivity index (χ4n) is 1.60. The van der Waals surface area contributed by atoms with Crippen LogP contribution in [0.15, 0.2) is 24.7 Å². The Morgan fingerprint density at radius 3 is 2.57 bits per heavy atom. The van der Waals surface area contributed by atoms with E-state index in [1.807, 2.05) is 0 Å². The molecule has 0 N–H and O–H groups in total. The first-order valence-corrected chi connectivity index (χ1v) is 6.30. The quantitative estimate of drug-likeness (QED) is 0.796. The number of hydrogen-bond acceptors (Lipinski definition) is 5. The van der Waals surface area contributed by atoms with Crippen molar-refractivity contribution in [2.75, 3.05) is 0 Å². The summed E-state index contributed by atoms with van der Waals surface area (Å²) in [5.41, 5.74) is -0.00271. The smallest absolute Gasteiger partial charge is 0.428 e. The maximum atomic E-state index is 14.0. The Morgan fingerprint density at radius 2 is 2.05 bits per heavy atom. The minimum absolute atomic E-state index is 0.0191.